The van der Waals surface area contributed by atoms with Crippen molar-refractivity contribution < 1.29 is 13.2 Å². The normalized spacial score (nSPS) is 16.2. The number of halogens is 3. The van der Waals surface area contributed by atoms with Crippen LogP contribution in [-0.4, -0.2) is 33.2 Å². The van der Waals surface area contributed by atoms with Crippen LogP contribution in [-0.2, 0) is 0 Å². The van der Waals surface area contributed by atoms with Crippen LogP contribution in [0.15, 0.2) is 60.8 Å². The van der Waals surface area contributed by atoms with Gasteiger partial charge in [-0.05, 0) is 53.5 Å². The third-order valence-electron chi connectivity index (χ3n) is 8.21. The molecule has 1 saturated carbocycles. The van der Waals surface area contributed by atoms with E-state index in [2.05, 4.69) is 70.5 Å². The SMILES string of the molecule is CC(C)(C)CNc1c(C#N)cnc2c(C#N)cc(N[C@H](C3=CN(C4(C(F)(F)F)CC4)NN3)c3ccc(C#N)c4cnccc34)cc12. The first-order valence-corrected chi connectivity index (χ1v) is 14.5. The van der Waals surface area contributed by atoms with E-state index in [0.717, 1.165) is 5.01 Å². The zero-order valence-corrected chi connectivity index (χ0v) is 25.2. The van der Waals surface area contributed by atoms with Gasteiger partial charge in [0, 0.05) is 47.8 Å². The lowest BCUT2D eigenvalue weighted by Crippen LogP contribution is -2.52. The van der Waals surface area contributed by atoms with Gasteiger partial charge < -0.3 is 16.1 Å². The van der Waals surface area contributed by atoms with E-state index in [1.165, 1.54) is 12.4 Å². The molecule has 46 heavy (non-hydrogen) atoms. The summed E-state index contributed by atoms with van der Waals surface area (Å²) in [6, 6.07) is 14.3. The molecule has 13 heteroatoms. The van der Waals surface area contributed by atoms with Gasteiger partial charge in [0.2, 0.25) is 0 Å². The lowest BCUT2D eigenvalue weighted by atomic mass is 9.94. The molecule has 1 atom stereocenters. The minimum atomic E-state index is -4.45. The molecule has 0 bridgehead atoms. The highest BCUT2D eigenvalue weighted by molar-refractivity contribution is 5.99. The predicted molar refractivity (Wildman–Crippen MR) is 166 cm³/mol. The molecule has 1 aliphatic carbocycles. The number of pyridine rings is 2. The summed E-state index contributed by atoms with van der Waals surface area (Å²) in [7, 11) is 0. The summed E-state index contributed by atoms with van der Waals surface area (Å²) < 4.78 is 42.1. The van der Waals surface area contributed by atoms with Crippen LogP contribution in [0, 0.1) is 39.4 Å². The van der Waals surface area contributed by atoms with Gasteiger partial charge in [0.15, 0.2) is 5.54 Å². The number of fused-ring (bicyclic) bond motifs is 2. The molecule has 232 valence electrons. The number of hydrazine groups is 2. The summed E-state index contributed by atoms with van der Waals surface area (Å²) in [4.78, 5) is 8.59. The van der Waals surface area contributed by atoms with Crippen LogP contribution in [0.4, 0.5) is 24.5 Å². The molecule has 0 spiro atoms. The molecule has 1 fully saturated rings. The molecule has 6 rings (SSSR count). The first-order chi connectivity index (χ1) is 21.9. The number of hydrogen-bond donors (Lipinski definition) is 4. The van der Waals surface area contributed by atoms with Crippen molar-refractivity contribution in [3.63, 3.8) is 0 Å². The largest absolute Gasteiger partial charge is 0.413 e. The van der Waals surface area contributed by atoms with Gasteiger partial charge in [-0.2, -0.15) is 29.0 Å². The lowest BCUT2D eigenvalue weighted by Gasteiger charge is -2.28. The number of nitrogens with one attached hydrogen (secondary N) is 4. The van der Waals surface area contributed by atoms with Gasteiger partial charge in [-0.3, -0.25) is 15.0 Å². The molecule has 1 aliphatic heterocycles. The van der Waals surface area contributed by atoms with Crippen LogP contribution in [0.5, 0.6) is 0 Å². The fourth-order valence-corrected chi connectivity index (χ4v) is 5.64. The Hall–Kier alpha value is -5.58. The van der Waals surface area contributed by atoms with Crippen molar-refractivity contribution in [3.8, 4) is 18.2 Å². The number of aromatic nitrogens is 2. The summed E-state index contributed by atoms with van der Waals surface area (Å²) in [6.45, 7) is 6.69. The minimum Gasteiger partial charge on any atom is -0.383 e. The van der Waals surface area contributed by atoms with Crippen LogP contribution in [0.3, 0.4) is 0 Å². The van der Waals surface area contributed by atoms with Gasteiger partial charge in [-0.15, -0.1) is 5.53 Å². The molecule has 3 heterocycles. The number of hydrogen-bond acceptors (Lipinski definition) is 10. The Morgan fingerprint density at radius 3 is 2.35 bits per heavy atom. The van der Waals surface area contributed by atoms with Crippen LogP contribution in [0.2, 0.25) is 0 Å². The van der Waals surface area contributed by atoms with Crippen molar-refractivity contribution in [3.05, 3.63) is 83.1 Å². The van der Waals surface area contributed by atoms with Crippen molar-refractivity contribution in [1.29, 1.82) is 15.8 Å². The molecule has 2 aromatic carbocycles. The second kappa shape index (κ2) is 11.1. The quantitative estimate of drug-likeness (QED) is 0.186. The van der Waals surface area contributed by atoms with Crippen molar-refractivity contribution in [2.75, 3.05) is 17.2 Å². The average Bonchev–Trinajstić information content (AvgIpc) is 3.72. The van der Waals surface area contributed by atoms with E-state index in [4.69, 9.17) is 0 Å². The lowest BCUT2D eigenvalue weighted by molar-refractivity contribution is -0.195. The maximum absolute atomic E-state index is 14.0. The first kappa shape index (κ1) is 30.4. The standard InChI is InChI=1S/C33H29F3N10/c1-31(2,3)18-42-29-21(14-39)15-41-28-20(13-38)10-22(11-25(28)29)43-30(24-5-4-19(12-37)26-16-40-9-6-23(24)26)27-17-46(45-44-27)32(7-8-32)33(34,35)36/h4-6,9-11,15-17,30,43-45H,7-8,18H2,1-3H3,(H,41,42)/t30-/m0/s1. The highest BCUT2D eigenvalue weighted by atomic mass is 19.4. The van der Waals surface area contributed by atoms with Crippen molar-refractivity contribution in [2.24, 2.45) is 5.41 Å². The fourth-order valence-electron chi connectivity index (χ4n) is 5.64. The highest BCUT2D eigenvalue weighted by Gasteiger charge is 2.67. The number of nitriles is 3. The summed E-state index contributed by atoms with van der Waals surface area (Å²) in [5.74, 6) is 0. The maximum atomic E-state index is 14.0. The van der Waals surface area contributed by atoms with Crippen LogP contribution >= 0.6 is 0 Å². The van der Waals surface area contributed by atoms with Gasteiger partial charge in [0.1, 0.15) is 12.1 Å². The van der Waals surface area contributed by atoms with Gasteiger partial charge in [-0.1, -0.05) is 26.8 Å². The predicted octanol–water partition coefficient (Wildman–Crippen LogP) is 6.27. The molecule has 0 amide bonds. The summed E-state index contributed by atoms with van der Waals surface area (Å²) in [5.41, 5.74) is 6.87. The second-order valence-corrected chi connectivity index (χ2v) is 12.6. The Balaban J connectivity index is 1.51. The van der Waals surface area contributed by atoms with Crippen molar-refractivity contribution in [2.45, 2.75) is 51.4 Å². The van der Waals surface area contributed by atoms with Gasteiger partial charge in [-0.25, -0.2) is 0 Å². The molecule has 0 unspecified atom stereocenters. The van der Waals surface area contributed by atoms with E-state index < -0.39 is 17.8 Å². The highest BCUT2D eigenvalue weighted by Crippen LogP contribution is 2.54. The summed E-state index contributed by atoms with van der Waals surface area (Å²) >= 11 is 0. The second-order valence-electron chi connectivity index (χ2n) is 12.6. The maximum Gasteiger partial charge on any atom is 0.413 e. The molecular weight excluding hydrogens is 593 g/mol. The van der Waals surface area contributed by atoms with Crippen LogP contribution in [0.1, 0.15) is 61.9 Å². The van der Waals surface area contributed by atoms with Gasteiger partial charge in [0.05, 0.1) is 45.7 Å². The van der Waals surface area contributed by atoms with Crippen LogP contribution in [0.25, 0.3) is 21.7 Å². The van der Waals surface area contributed by atoms with E-state index in [9.17, 15) is 29.0 Å². The molecule has 0 saturated heterocycles. The summed E-state index contributed by atoms with van der Waals surface area (Å²) in [5, 5.41) is 39.4. The Kier molecular flexibility index (Phi) is 7.34. The van der Waals surface area contributed by atoms with Crippen molar-refractivity contribution in [1.82, 2.24) is 25.9 Å². The Morgan fingerprint density at radius 2 is 1.70 bits per heavy atom. The zero-order chi connectivity index (χ0) is 32.9. The zero-order valence-electron chi connectivity index (χ0n) is 25.2. The van der Waals surface area contributed by atoms with E-state index in [1.54, 1.807) is 42.7 Å². The Morgan fingerprint density at radius 1 is 0.957 bits per heavy atom. The molecule has 10 nitrogen and oxygen atoms in total. The summed E-state index contributed by atoms with van der Waals surface area (Å²) in [6.07, 6.45) is 1.44. The number of anilines is 2. The molecule has 4 N–H and O–H groups in total. The molecular formula is C33H29F3N10. The third-order valence-corrected chi connectivity index (χ3v) is 8.21. The monoisotopic (exact) mass is 622 g/mol. The van der Waals surface area contributed by atoms with Gasteiger partial charge in [0.25, 0.3) is 0 Å². The van der Waals surface area contributed by atoms with Crippen molar-refractivity contribution >= 4 is 33.1 Å². The molecule has 2 aliphatic rings. The molecule has 0 radical (unpaired) electrons. The average molecular weight is 623 g/mol. The van der Waals surface area contributed by atoms with Crippen LogP contribution < -0.4 is 21.6 Å². The number of rotatable bonds is 7. The Bertz CT molecular complexity index is 2020. The van der Waals surface area contributed by atoms with Gasteiger partial charge >= 0.3 is 6.18 Å². The topological polar surface area (TPSA) is 149 Å². The number of alkyl halides is 3. The smallest absolute Gasteiger partial charge is 0.383 e. The molecule has 2 aromatic heterocycles. The Labute approximate surface area is 263 Å². The van der Waals surface area contributed by atoms with E-state index in [1.807, 2.05) is 0 Å². The first-order valence-electron chi connectivity index (χ1n) is 14.5. The van der Waals surface area contributed by atoms with E-state index in [0.29, 0.717) is 62.0 Å². The number of benzene rings is 2. The molecule has 4 aromatic rings. The minimum absolute atomic E-state index is 0.0483. The fraction of sp³-hybridized carbons (Fsp3) is 0.303. The number of nitrogens with zero attached hydrogens (tertiary/aromatic N) is 6. The van der Waals surface area contributed by atoms with E-state index in [-0.39, 0.29) is 23.8 Å². The van der Waals surface area contributed by atoms with E-state index >= 15 is 0 Å². The third kappa shape index (κ3) is 5.33.